The molecule has 0 aliphatic heterocycles. The molecule has 1 fully saturated rings. The van der Waals surface area contributed by atoms with Crippen LogP contribution in [0.5, 0.6) is 0 Å². The fourth-order valence-electron chi connectivity index (χ4n) is 3.12. The molecule has 0 aromatic carbocycles. The van der Waals surface area contributed by atoms with E-state index in [1.165, 1.54) is 37.8 Å². The molecule has 1 aromatic heterocycles. The maximum absolute atomic E-state index is 3.67. The summed E-state index contributed by atoms with van der Waals surface area (Å²) in [4.78, 5) is 1.66. The van der Waals surface area contributed by atoms with Crippen molar-refractivity contribution in [1.29, 1.82) is 0 Å². The Morgan fingerprint density at radius 3 is 2.78 bits per heavy atom. The lowest BCUT2D eigenvalue weighted by atomic mass is 9.77. The molecular formula is C16H27NS. The van der Waals surface area contributed by atoms with Crippen LogP contribution in [0.2, 0.25) is 0 Å². The molecule has 18 heavy (non-hydrogen) atoms. The van der Waals surface area contributed by atoms with Crippen molar-refractivity contribution >= 4 is 11.3 Å². The quantitative estimate of drug-likeness (QED) is 0.822. The van der Waals surface area contributed by atoms with Crippen LogP contribution in [0.3, 0.4) is 0 Å². The highest BCUT2D eigenvalue weighted by Crippen LogP contribution is 2.40. The lowest BCUT2D eigenvalue weighted by Crippen LogP contribution is -2.31. The van der Waals surface area contributed by atoms with Gasteiger partial charge in [0.25, 0.3) is 0 Å². The summed E-state index contributed by atoms with van der Waals surface area (Å²) in [5.41, 5.74) is 1.51. The van der Waals surface area contributed by atoms with E-state index in [1.54, 1.807) is 4.88 Å². The van der Waals surface area contributed by atoms with Crippen molar-refractivity contribution in [2.24, 2.45) is 11.8 Å². The van der Waals surface area contributed by atoms with Gasteiger partial charge in [0, 0.05) is 4.88 Å². The normalized spacial score (nSPS) is 24.7. The molecule has 1 aliphatic rings. The zero-order valence-electron chi connectivity index (χ0n) is 12.0. The predicted octanol–water partition coefficient (Wildman–Crippen LogP) is 4.58. The van der Waals surface area contributed by atoms with Crippen LogP contribution in [0.15, 0.2) is 11.4 Å². The third-order valence-electron chi connectivity index (χ3n) is 4.11. The van der Waals surface area contributed by atoms with Crippen LogP contribution in [0.25, 0.3) is 0 Å². The van der Waals surface area contributed by atoms with Crippen molar-refractivity contribution in [3.05, 3.63) is 21.9 Å². The molecule has 1 aromatic rings. The van der Waals surface area contributed by atoms with E-state index in [1.807, 2.05) is 11.3 Å². The van der Waals surface area contributed by atoms with E-state index in [0.717, 1.165) is 24.3 Å². The number of aryl methyl sites for hydroxylation is 1. The van der Waals surface area contributed by atoms with Crippen molar-refractivity contribution in [1.82, 2.24) is 5.32 Å². The second kappa shape index (κ2) is 6.72. The third kappa shape index (κ3) is 3.58. The first-order chi connectivity index (χ1) is 8.68. The molecule has 1 saturated carbocycles. The first-order valence-corrected chi connectivity index (χ1v) is 8.31. The van der Waals surface area contributed by atoms with Crippen molar-refractivity contribution in [3.63, 3.8) is 0 Å². The first-order valence-electron chi connectivity index (χ1n) is 7.43. The van der Waals surface area contributed by atoms with Gasteiger partial charge in [0.2, 0.25) is 0 Å². The highest BCUT2D eigenvalue weighted by molar-refractivity contribution is 7.10. The summed E-state index contributed by atoms with van der Waals surface area (Å²) in [6.07, 6.45) is 5.65. The van der Waals surface area contributed by atoms with Gasteiger partial charge >= 0.3 is 0 Å². The molecule has 2 rings (SSSR count). The molecule has 0 amide bonds. The summed E-state index contributed by atoms with van der Waals surface area (Å²) in [6.45, 7) is 9.22. The number of thiophene rings is 1. The predicted molar refractivity (Wildman–Crippen MR) is 81.5 cm³/mol. The number of hydrogen-bond acceptors (Lipinski definition) is 2. The van der Waals surface area contributed by atoms with Gasteiger partial charge in [-0.15, -0.1) is 11.3 Å². The molecule has 1 N–H and O–H groups in total. The molecule has 2 atom stereocenters. The van der Waals surface area contributed by atoms with Gasteiger partial charge in [-0.1, -0.05) is 26.7 Å². The fourth-order valence-corrected chi connectivity index (χ4v) is 4.28. The van der Waals surface area contributed by atoms with Gasteiger partial charge < -0.3 is 5.32 Å². The number of hydrogen-bond donors (Lipinski definition) is 1. The van der Waals surface area contributed by atoms with E-state index in [9.17, 15) is 0 Å². The van der Waals surface area contributed by atoms with E-state index < -0.39 is 0 Å². The minimum Gasteiger partial charge on any atom is -0.316 e. The molecule has 2 unspecified atom stereocenters. The summed E-state index contributed by atoms with van der Waals surface area (Å²) in [6, 6.07) is 2.28. The minimum absolute atomic E-state index is 0.760. The van der Waals surface area contributed by atoms with Gasteiger partial charge in [0.1, 0.15) is 0 Å². The number of nitrogens with one attached hydrogen (secondary N) is 1. The average molecular weight is 265 g/mol. The van der Waals surface area contributed by atoms with E-state index in [4.69, 9.17) is 0 Å². The Morgan fingerprint density at radius 2 is 2.11 bits per heavy atom. The Hall–Kier alpha value is -0.340. The molecule has 1 heterocycles. The van der Waals surface area contributed by atoms with Crippen LogP contribution < -0.4 is 5.32 Å². The zero-order valence-corrected chi connectivity index (χ0v) is 12.9. The van der Waals surface area contributed by atoms with Crippen molar-refractivity contribution in [2.75, 3.05) is 13.1 Å². The largest absolute Gasteiger partial charge is 0.316 e. The summed E-state index contributed by atoms with van der Waals surface area (Å²) < 4.78 is 0. The minimum atomic E-state index is 0.760. The lowest BCUT2D eigenvalue weighted by Gasteiger charge is -2.32. The molecule has 0 radical (unpaired) electrons. The van der Waals surface area contributed by atoms with Gasteiger partial charge in [0.05, 0.1) is 0 Å². The SMILES string of the molecule is Cc1ccsc1C1CCCCC1CNCC(C)C. The summed E-state index contributed by atoms with van der Waals surface area (Å²) in [5, 5.41) is 5.93. The van der Waals surface area contributed by atoms with Crippen LogP contribution in [-0.4, -0.2) is 13.1 Å². The Kier molecular flexibility index (Phi) is 5.25. The van der Waals surface area contributed by atoms with Crippen LogP contribution in [0, 0.1) is 18.8 Å². The molecule has 2 heteroatoms. The van der Waals surface area contributed by atoms with Crippen LogP contribution >= 0.6 is 11.3 Å². The zero-order chi connectivity index (χ0) is 13.0. The maximum Gasteiger partial charge on any atom is 0.0109 e. The van der Waals surface area contributed by atoms with E-state index in [0.29, 0.717) is 0 Å². The average Bonchev–Trinajstić information content (AvgIpc) is 2.76. The van der Waals surface area contributed by atoms with Gasteiger partial charge in [-0.2, -0.15) is 0 Å². The molecule has 0 bridgehead atoms. The van der Waals surface area contributed by atoms with Crippen molar-refractivity contribution in [2.45, 2.75) is 52.4 Å². The molecule has 1 nitrogen and oxygen atoms in total. The lowest BCUT2D eigenvalue weighted by molar-refractivity contribution is 0.294. The molecule has 1 aliphatic carbocycles. The van der Waals surface area contributed by atoms with Gasteiger partial charge in [-0.05, 0) is 67.6 Å². The van der Waals surface area contributed by atoms with E-state index in [2.05, 4.69) is 37.5 Å². The highest BCUT2D eigenvalue weighted by atomic mass is 32.1. The van der Waals surface area contributed by atoms with Crippen molar-refractivity contribution in [3.8, 4) is 0 Å². The summed E-state index contributed by atoms with van der Waals surface area (Å²) in [7, 11) is 0. The van der Waals surface area contributed by atoms with Crippen LogP contribution in [-0.2, 0) is 0 Å². The Morgan fingerprint density at radius 1 is 1.33 bits per heavy atom. The summed E-state index contributed by atoms with van der Waals surface area (Å²) in [5.74, 6) is 2.43. The fraction of sp³-hybridized carbons (Fsp3) is 0.750. The van der Waals surface area contributed by atoms with Crippen LogP contribution in [0.4, 0.5) is 0 Å². The van der Waals surface area contributed by atoms with Gasteiger partial charge in [-0.25, -0.2) is 0 Å². The van der Waals surface area contributed by atoms with E-state index in [-0.39, 0.29) is 0 Å². The topological polar surface area (TPSA) is 12.0 Å². The van der Waals surface area contributed by atoms with Crippen molar-refractivity contribution < 1.29 is 0 Å². The Balaban J connectivity index is 1.96. The molecule has 0 spiro atoms. The highest BCUT2D eigenvalue weighted by Gasteiger charge is 2.27. The van der Waals surface area contributed by atoms with Gasteiger partial charge in [0.15, 0.2) is 0 Å². The monoisotopic (exact) mass is 265 g/mol. The third-order valence-corrected chi connectivity index (χ3v) is 5.26. The van der Waals surface area contributed by atoms with E-state index >= 15 is 0 Å². The molecular weight excluding hydrogens is 238 g/mol. The Labute approximate surface area is 116 Å². The van der Waals surface area contributed by atoms with Gasteiger partial charge in [-0.3, -0.25) is 0 Å². The molecule has 102 valence electrons. The van der Waals surface area contributed by atoms with Crippen LogP contribution in [0.1, 0.15) is 55.9 Å². The summed E-state index contributed by atoms with van der Waals surface area (Å²) >= 11 is 1.97. The first kappa shape index (κ1) is 14.1. The maximum atomic E-state index is 3.67. The Bertz CT molecular complexity index is 356. The molecule has 0 saturated heterocycles. The second-order valence-corrected chi connectivity index (χ2v) is 7.12. The number of rotatable bonds is 5. The standard InChI is InChI=1S/C16H27NS/c1-12(2)10-17-11-14-6-4-5-7-15(14)16-13(3)8-9-18-16/h8-9,12,14-15,17H,4-7,10-11H2,1-3H3. The second-order valence-electron chi connectivity index (χ2n) is 6.17. The smallest absolute Gasteiger partial charge is 0.0109 e.